The molecule has 36 heavy (non-hydrogen) atoms. The van der Waals surface area contributed by atoms with Crippen molar-refractivity contribution in [3.05, 3.63) is 116 Å². The van der Waals surface area contributed by atoms with Crippen LogP contribution in [0.15, 0.2) is 87.4 Å². The molecule has 0 atom stereocenters. The van der Waals surface area contributed by atoms with E-state index in [1.807, 2.05) is 0 Å². The molecule has 0 amide bonds. The SMILES string of the molecule is CCn1c(=O)[nH]/c(=N\c2ccc(Oc3ccccc3C(=O)OC)cc2)n(Cc2ccc(Cl)cc2)c1=O. The highest BCUT2D eigenvalue weighted by atomic mass is 35.5. The molecule has 4 aromatic rings. The Bertz CT molecular complexity index is 1570. The van der Waals surface area contributed by atoms with Gasteiger partial charge in [0.1, 0.15) is 17.1 Å². The maximum atomic E-state index is 13.0. The Morgan fingerprint density at radius 1 is 0.972 bits per heavy atom. The zero-order chi connectivity index (χ0) is 25.7. The van der Waals surface area contributed by atoms with Crippen LogP contribution in [-0.2, 0) is 17.8 Å². The maximum absolute atomic E-state index is 13.0. The van der Waals surface area contributed by atoms with Crippen LogP contribution in [0.5, 0.6) is 11.5 Å². The number of esters is 1. The lowest BCUT2D eigenvalue weighted by Crippen LogP contribution is -2.49. The van der Waals surface area contributed by atoms with Gasteiger partial charge in [0.25, 0.3) is 0 Å². The summed E-state index contributed by atoms with van der Waals surface area (Å²) in [6.07, 6.45) is 0. The summed E-state index contributed by atoms with van der Waals surface area (Å²) in [5, 5.41) is 0.581. The van der Waals surface area contributed by atoms with Crippen LogP contribution in [0.25, 0.3) is 0 Å². The molecule has 1 N–H and O–H groups in total. The van der Waals surface area contributed by atoms with Crippen molar-refractivity contribution in [3.63, 3.8) is 0 Å². The first-order valence-electron chi connectivity index (χ1n) is 11.1. The van der Waals surface area contributed by atoms with Crippen LogP contribution >= 0.6 is 11.6 Å². The van der Waals surface area contributed by atoms with Crippen molar-refractivity contribution in [1.29, 1.82) is 0 Å². The molecule has 4 rings (SSSR count). The van der Waals surface area contributed by atoms with Gasteiger partial charge in [-0.2, -0.15) is 0 Å². The highest BCUT2D eigenvalue weighted by Gasteiger charge is 2.13. The number of methoxy groups -OCH3 is 1. The molecule has 0 bridgehead atoms. The largest absolute Gasteiger partial charge is 0.465 e. The van der Waals surface area contributed by atoms with Crippen molar-refractivity contribution in [1.82, 2.24) is 14.1 Å². The zero-order valence-electron chi connectivity index (χ0n) is 19.6. The topological polar surface area (TPSA) is 108 Å². The number of rotatable bonds is 7. The summed E-state index contributed by atoms with van der Waals surface area (Å²) in [5.41, 5.74) is 0.682. The van der Waals surface area contributed by atoms with E-state index in [4.69, 9.17) is 21.1 Å². The van der Waals surface area contributed by atoms with E-state index in [9.17, 15) is 14.4 Å². The summed E-state index contributed by atoms with van der Waals surface area (Å²) in [5.74, 6) is 0.310. The van der Waals surface area contributed by atoms with E-state index in [1.165, 1.54) is 11.7 Å². The van der Waals surface area contributed by atoms with Gasteiger partial charge >= 0.3 is 17.3 Å². The Balaban J connectivity index is 1.70. The van der Waals surface area contributed by atoms with E-state index >= 15 is 0 Å². The molecular formula is C26H23ClN4O5. The minimum Gasteiger partial charge on any atom is -0.465 e. The first-order valence-corrected chi connectivity index (χ1v) is 11.5. The summed E-state index contributed by atoms with van der Waals surface area (Å²) in [7, 11) is 1.30. The predicted octanol–water partition coefficient (Wildman–Crippen LogP) is 3.87. The zero-order valence-corrected chi connectivity index (χ0v) is 20.4. The molecule has 184 valence electrons. The molecule has 0 fully saturated rings. The molecule has 0 saturated carbocycles. The average Bonchev–Trinajstić information content (AvgIpc) is 2.88. The molecular weight excluding hydrogens is 484 g/mol. The Hall–Kier alpha value is -4.37. The summed E-state index contributed by atoms with van der Waals surface area (Å²) in [4.78, 5) is 44.7. The number of aromatic nitrogens is 3. The van der Waals surface area contributed by atoms with Crippen molar-refractivity contribution in [2.45, 2.75) is 20.0 Å². The van der Waals surface area contributed by atoms with Crippen LogP contribution in [0.3, 0.4) is 0 Å². The third kappa shape index (κ3) is 5.47. The second-order valence-electron chi connectivity index (χ2n) is 7.69. The van der Waals surface area contributed by atoms with E-state index in [0.29, 0.717) is 27.8 Å². The third-order valence-corrected chi connectivity index (χ3v) is 5.60. The highest BCUT2D eigenvalue weighted by molar-refractivity contribution is 6.30. The number of aromatic amines is 1. The van der Waals surface area contributed by atoms with Gasteiger partial charge in [0.05, 0.1) is 19.3 Å². The molecule has 0 spiro atoms. The van der Waals surface area contributed by atoms with Gasteiger partial charge in [-0.15, -0.1) is 0 Å². The number of hydrogen-bond acceptors (Lipinski definition) is 6. The smallest absolute Gasteiger partial charge is 0.341 e. The van der Waals surface area contributed by atoms with Crippen molar-refractivity contribution >= 4 is 23.3 Å². The number of carbonyl (C=O) groups is 1. The number of carbonyl (C=O) groups excluding carboxylic acids is 1. The second-order valence-corrected chi connectivity index (χ2v) is 8.13. The molecule has 10 heteroatoms. The number of hydrogen-bond donors (Lipinski definition) is 1. The van der Waals surface area contributed by atoms with Gasteiger partial charge < -0.3 is 9.47 Å². The molecule has 1 aromatic heterocycles. The first-order chi connectivity index (χ1) is 17.4. The van der Waals surface area contributed by atoms with Gasteiger partial charge in [-0.25, -0.2) is 23.9 Å². The van der Waals surface area contributed by atoms with Gasteiger partial charge in [0.2, 0.25) is 5.62 Å². The molecule has 0 radical (unpaired) electrons. The minimum atomic E-state index is -0.548. The molecule has 0 aliphatic rings. The molecule has 0 saturated heterocycles. The monoisotopic (exact) mass is 506 g/mol. The quantitative estimate of drug-likeness (QED) is 0.383. The lowest BCUT2D eigenvalue weighted by molar-refractivity contribution is 0.0598. The van der Waals surface area contributed by atoms with Gasteiger partial charge in [-0.05, 0) is 61.0 Å². The van der Waals surface area contributed by atoms with Crippen LogP contribution in [0.4, 0.5) is 5.69 Å². The predicted molar refractivity (Wildman–Crippen MR) is 135 cm³/mol. The Kier molecular flexibility index (Phi) is 7.50. The number of halogens is 1. The van der Waals surface area contributed by atoms with Crippen LogP contribution in [0.1, 0.15) is 22.8 Å². The van der Waals surface area contributed by atoms with E-state index in [0.717, 1.165) is 10.1 Å². The number of para-hydroxylation sites is 1. The number of nitrogens with zero attached hydrogens (tertiary/aromatic N) is 3. The van der Waals surface area contributed by atoms with Gasteiger partial charge in [-0.1, -0.05) is 35.9 Å². The summed E-state index contributed by atoms with van der Waals surface area (Å²) in [6, 6.07) is 20.5. The Labute approximate surface area is 210 Å². The van der Waals surface area contributed by atoms with E-state index in [2.05, 4.69) is 9.98 Å². The summed E-state index contributed by atoms with van der Waals surface area (Å²) in [6.45, 7) is 2.13. The lowest BCUT2D eigenvalue weighted by Gasteiger charge is -2.11. The average molecular weight is 507 g/mol. The number of H-pyrrole nitrogens is 1. The van der Waals surface area contributed by atoms with E-state index < -0.39 is 17.3 Å². The van der Waals surface area contributed by atoms with Crippen LogP contribution in [0, 0.1) is 0 Å². The van der Waals surface area contributed by atoms with Crippen LogP contribution in [-0.4, -0.2) is 27.2 Å². The minimum absolute atomic E-state index is 0.106. The van der Waals surface area contributed by atoms with Crippen molar-refractivity contribution in [3.8, 4) is 11.5 Å². The Morgan fingerprint density at radius 3 is 2.33 bits per heavy atom. The first kappa shape index (κ1) is 24.7. The fourth-order valence-corrected chi connectivity index (χ4v) is 3.63. The fourth-order valence-electron chi connectivity index (χ4n) is 3.51. The third-order valence-electron chi connectivity index (χ3n) is 5.34. The Morgan fingerprint density at radius 2 is 1.67 bits per heavy atom. The molecule has 0 aliphatic heterocycles. The summed E-state index contributed by atoms with van der Waals surface area (Å²) >= 11 is 5.98. The summed E-state index contributed by atoms with van der Waals surface area (Å²) < 4.78 is 13.1. The van der Waals surface area contributed by atoms with E-state index in [1.54, 1.807) is 79.7 Å². The van der Waals surface area contributed by atoms with Gasteiger partial charge in [0.15, 0.2) is 0 Å². The lowest BCUT2D eigenvalue weighted by atomic mass is 10.2. The van der Waals surface area contributed by atoms with Gasteiger partial charge in [0, 0.05) is 11.6 Å². The van der Waals surface area contributed by atoms with Crippen molar-refractivity contribution < 1.29 is 14.3 Å². The van der Waals surface area contributed by atoms with E-state index in [-0.39, 0.29) is 18.7 Å². The fraction of sp³-hybridized carbons (Fsp3) is 0.154. The van der Waals surface area contributed by atoms with Crippen molar-refractivity contribution in [2.24, 2.45) is 4.99 Å². The van der Waals surface area contributed by atoms with Gasteiger partial charge in [-0.3, -0.25) is 9.55 Å². The molecule has 1 heterocycles. The maximum Gasteiger partial charge on any atom is 0.341 e. The molecule has 3 aromatic carbocycles. The highest BCUT2D eigenvalue weighted by Crippen LogP contribution is 2.27. The number of benzene rings is 3. The molecule has 9 nitrogen and oxygen atoms in total. The van der Waals surface area contributed by atoms with Crippen LogP contribution in [0.2, 0.25) is 5.02 Å². The molecule has 0 aliphatic carbocycles. The normalized spacial score (nSPS) is 11.4. The molecule has 0 unspecified atom stereocenters. The number of ether oxygens (including phenoxy) is 2. The van der Waals surface area contributed by atoms with Crippen molar-refractivity contribution in [2.75, 3.05) is 7.11 Å². The standard InChI is InChI=1S/C26H23ClN4O5/c1-3-30-25(33)29-24(31(26(30)34)16-17-8-10-18(27)11-9-17)28-19-12-14-20(15-13-19)36-22-7-5-4-6-21(22)23(32)35-2/h4-15H,3,16H2,1-2H3,(H,28,29,33). The second kappa shape index (κ2) is 10.9. The number of nitrogens with one attached hydrogen (secondary N) is 1. The van der Waals surface area contributed by atoms with Crippen LogP contribution < -0.4 is 21.7 Å².